The third-order valence-corrected chi connectivity index (χ3v) is 2.70. The maximum Gasteiger partial charge on any atom is 0.260 e. The van der Waals surface area contributed by atoms with E-state index < -0.39 is 11.9 Å². The summed E-state index contributed by atoms with van der Waals surface area (Å²) >= 11 is 0. The highest BCUT2D eigenvalue weighted by molar-refractivity contribution is 5.78. The maximum atomic E-state index is 13.2. The number of aliphatic hydroxyl groups is 1. The third-order valence-electron chi connectivity index (χ3n) is 2.70. The molecule has 0 bridgehead atoms. The lowest BCUT2D eigenvalue weighted by Crippen LogP contribution is -2.33. The van der Waals surface area contributed by atoms with E-state index in [1.165, 1.54) is 17.0 Å². The summed E-state index contributed by atoms with van der Waals surface area (Å²) in [5.41, 5.74) is 0. The van der Waals surface area contributed by atoms with E-state index in [0.29, 0.717) is 19.5 Å². The van der Waals surface area contributed by atoms with Gasteiger partial charge in [-0.3, -0.25) is 4.79 Å². The largest absolute Gasteiger partial charge is 0.481 e. The standard InChI is InChI=1S/C12H14FNO3/c13-10-3-1-2-4-11(10)17-8-12(16)14-6-5-9(15)7-14/h1-4,9,15H,5-8H2/t9-/m1/s1. The van der Waals surface area contributed by atoms with Gasteiger partial charge in [-0.1, -0.05) is 12.1 Å². The molecule has 1 fully saturated rings. The Balaban J connectivity index is 1.86. The van der Waals surface area contributed by atoms with Gasteiger partial charge in [0.15, 0.2) is 18.2 Å². The summed E-state index contributed by atoms with van der Waals surface area (Å²) in [5.74, 6) is -0.646. The van der Waals surface area contributed by atoms with Gasteiger partial charge >= 0.3 is 0 Å². The minimum absolute atomic E-state index is 0.0700. The number of aliphatic hydroxyl groups excluding tert-OH is 1. The van der Waals surface area contributed by atoms with Crippen molar-refractivity contribution in [3.8, 4) is 5.75 Å². The smallest absolute Gasteiger partial charge is 0.260 e. The van der Waals surface area contributed by atoms with Gasteiger partial charge in [-0.25, -0.2) is 4.39 Å². The van der Waals surface area contributed by atoms with E-state index in [1.807, 2.05) is 0 Å². The summed E-state index contributed by atoms with van der Waals surface area (Å²) in [6.07, 6.45) is 0.137. The Kier molecular flexibility index (Phi) is 3.58. The Bertz CT molecular complexity index is 410. The lowest BCUT2D eigenvalue weighted by molar-refractivity contribution is -0.132. The second-order valence-corrected chi connectivity index (χ2v) is 4.00. The predicted octanol–water partition coefficient (Wildman–Crippen LogP) is 0.798. The molecule has 1 amide bonds. The van der Waals surface area contributed by atoms with Gasteiger partial charge in [-0.15, -0.1) is 0 Å². The molecule has 4 nitrogen and oxygen atoms in total. The molecule has 1 aromatic carbocycles. The molecule has 17 heavy (non-hydrogen) atoms. The van der Waals surface area contributed by atoms with Crippen molar-refractivity contribution in [2.75, 3.05) is 19.7 Å². The van der Waals surface area contributed by atoms with E-state index in [-0.39, 0.29) is 18.3 Å². The molecule has 1 aliphatic heterocycles. The van der Waals surface area contributed by atoms with Crippen LogP contribution >= 0.6 is 0 Å². The van der Waals surface area contributed by atoms with Crippen molar-refractivity contribution in [2.24, 2.45) is 0 Å². The molecule has 1 aromatic rings. The Morgan fingerprint density at radius 3 is 2.94 bits per heavy atom. The van der Waals surface area contributed by atoms with Crippen LogP contribution in [-0.4, -0.2) is 41.7 Å². The zero-order valence-corrected chi connectivity index (χ0v) is 9.30. The number of hydrogen-bond donors (Lipinski definition) is 1. The molecular formula is C12H14FNO3. The summed E-state index contributed by atoms with van der Waals surface area (Å²) in [4.78, 5) is 13.2. The van der Waals surface area contributed by atoms with E-state index in [4.69, 9.17) is 4.74 Å². The monoisotopic (exact) mass is 239 g/mol. The molecule has 2 rings (SSSR count). The molecule has 0 radical (unpaired) electrons. The van der Waals surface area contributed by atoms with Gasteiger partial charge in [0.2, 0.25) is 0 Å². The van der Waals surface area contributed by atoms with Gasteiger partial charge in [-0.2, -0.15) is 0 Å². The molecule has 1 N–H and O–H groups in total. The molecule has 1 saturated heterocycles. The second-order valence-electron chi connectivity index (χ2n) is 4.00. The number of benzene rings is 1. The molecule has 0 aromatic heterocycles. The van der Waals surface area contributed by atoms with Crippen LogP contribution in [0.15, 0.2) is 24.3 Å². The molecule has 1 atom stereocenters. The van der Waals surface area contributed by atoms with Crippen molar-refractivity contribution in [1.29, 1.82) is 0 Å². The van der Waals surface area contributed by atoms with Crippen LogP contribution in [0.1, 0.15) is 6.42 Å². The summed E-state index contributed by atoms with van der Waals surface area (Å²) in [6.45, 7) is 0.660. The van der Waals surface area contributed by atoms with Crippen molar-refractivity contribution in [1.82, 2.24) is 4.90 Å². The number of para-hydroxylation sites is 1. The molecule has 0 spiro atoms. The Labute approximate surface area is 98.6 Å². The number of nitrogens with zero attached hydrogens (tertiary/aromatic N) is 1. The zero-order valence-electron chi connectivity index (χ0n) is 9.30. The number of carbonyl (C=O) groups is 1. The predicted molar refractivity (Wildman–Crippen MR) is 59.1 cm³/mol. The zero-order chi connectivity index (χ0) is 12.3. The fourth-order valence-corrected chi connectivity index (χ4v) is 1.76. The van der Waals surface area contributed by atoms with E-state index >= 15 is 0 Å². The van der Waals surface area contributed by atoms with Crippen molar-refractivity contribution in [3.63, 3.8) is 0 Å². The summed E-state index contributed by atoms with van der Waals surface area (Å²) in [6, 6.07) is 5.95. The maximum absolute atomic E-state index is 13.2. The normalized spacial score (nSPS) is 19.4. The fourth-order valence-electron chi connectivity index (χ4n) is 1.76. The van der Waals surface area contributed by atoms with Crippen LogP contribution in [0.2, 0.25) is 0 Å². The van der Waals surface area contributed by atoms with Crippen LogP contribution in [0.5, 0.6) is 5.75 Å². The molecule has 1 heterocycles. The first kappa shape index (κ1) is 11.9. The Morgan fingerprint density at radius 2 is 2.29 bits per heavy atom. The van der Waals surface area contributed by atoms with Gasteiger partial charge in [0.05, 0.1) is 6.10 Å². The lowest BCUT2D eigenvalue weighted by Gasteiger charge is -2.15. The van der Waals surface area contributed by atoms with Gasteiger partial charge in [-0.05, 0) is 18.6 Å². The van der Waals surface area contributed by atoms with Crippen LogP contribution in [0, 0.1) is 5.82 Å². The average molecular weight is 239 g/mol. The van der Waals surface area contributed by atoms with Gasteiger partial charge in [0, 0.05) is 13.1 Å². The second kappa shape index (κ2) is 5.14. The van der Waals surface area contributed by atoms with Gasteiger partial charge in [0.1, 0.15) is 0 Å². The number of hydrogen-bond acceptors (Lipinski definition) is 3. The topological polar surface area (TPSA) is 49.8 Å². The Morgan fingerprint density at radius 1 is 1.53 bits per heavy atom. The van der Waals surface area contributed by atoms with Gasteiger partial charge < -0.3 is 14.7 Å². The highest BCUT2D eigenvalue weighted by Gasteiger charge is 2.24. The summed E-state index contributed by atoms with van der Waals surface area (Å²) in [7, 11) is 0. The number of likely N-dealkylation sites (tertiary alicyclic amines) is 1. The van der Waals surface area contributed by atoms with Crippen molar-refractivity contribution >= 4 is 5.91 Å². The summed E-state index contributed by atoms with van der Waals surface area (Å²) < 4.78 is 18.3. The first-order valence-corrected chi connectivity index (χ1v) is 5.50. The van der Waals surface area contributed by atoms with Crippen LogP contribution < -0.4 is 4.74 Å². The lowest BCUT2D eigenvalue weighted by atomic mass is 10.3. The molecule has 5 heteroatoms. The summed E-state index contributed by atoms with van der Waals surface area (Å²) in [5, 5.41) is 9.28. The minimum atomic E-state index is -0.484. The molecule has 0 aliphatic carbocycles. The average Bonchev–Trinajstić information content (AvgIpc) is 2.74. The van der Waals surface area contributed by atoms with E-state index in [1.54, 1.807) is 12.1 Å². The number of amides is 1. The van der Waals surface area contributed by atoms with E-state index in [2.05, 4.69) is 0 Å². The van der Waals surface area contributed by atoms with Crippen LogP contribution in [0.25, 0.3) is 0 Å². The quantitative estimate of drug-likeness (QED) is 0.848. The van der Waals surface area contributed by atoms with Crippen LogP contribution in [0.3, 0.4) is 0 Å². The van der Waals surface area contributed by atoms with E-state index in [9.17, 15) is 14.3 Å². The minimum Gasteiger partial charge on any atom is -0.481 e. The number of carbonyl (C=O) groups excluding carboxylic acids is 1. The first-order valence-electron chi connectivity index (χ1n) is 5.50. The van der Waals surface area contributed by atoms with E-state index in [0.717, 1.165) is 0 Å². The number of halogens is 1. The van der Waals surface area contributed by atoms with Crippen LogP contribution in [-0.2, 0) is 4.79 Å². The highest BCUT2D eigenvalue weighted by Crippen LogP contribution is 2.16. The first-order chi connectivity index (χ1) is 8.16. The number of β-amino-alcohol motifs (C(OH)–C–C–N with tert-alkyl or cyclic N) is 1. The van der Waals surface area contributed by atoms with Gasteiger partial charge in [0.25, 0.3) is 5.91 Å². The van der Waals surface area contributed by atoms with Crippen LogP contribution in [0.4, 0.5) is 4.39 Å². The molecule has 1 aliphatic rings. The highest BCUT2D eigenvalue weighted by atomic mass is 19.1. The SMILES string of the molecule is O=C(COc1ccccc1F)N1CC[C@@H](O)C1. The number of rotatable bonds is 3. The number of ether oxygens (including phenoxy) is 1. The molecule has 0 unspecified atom stereocenters. The third kappa shape index (κ3) is 2.94. The Hall–Kier alpha value is -1.62. The van der Waals surface area contributed by atoms with Crippen molar-refractivity contribution < 1.29 is 19.0 Å². The fraction of sp³-hybridized carbons (Fsp3) is 0.417. The molecule has 0 saturated carbocycles. The molecular weight excluding hydrogens is 225 g/mol. The molecule has 92 valence electrons. The van der Waals surface area contributed by atoms with Crippen molar-refractivity contribution in [3.05, 3.63) is 30.1 Å². The van der Waals surface area contributed by atoms with Crippen molar-refractivity contribution in [2.45, 2.75) is 12.5 Å².